The van der Waals surface area contributed by atoms with Crippen LogP contribution in [0.25, 0.3) is 5.69 Å². The molecule has 1 aromatic heterocycles. The molecule has 0 saturated heterocycles. The second kappa shape index (κ2) is 5.49. The Hall–Kier alpha value is -1.41. The minimum atomic E-state index is -0.951. The highest BCUT2D eigenvalue weighted by Crippen LogP contribution is 2.26. The first kappa shape index (κ1) is 13.0. The number of thioether (sulfide) groups is 1. The number of hydrogen-bond donors (Lipinski definition) is 1. The Morgan fingerprint density at radius 3 is 3.06 bits per heavy atom. The van der Waals surface area contributed by atoms with Crippen LogP contribution in [0.15, 0.2) is 34.2 Å². The molecule has 0 aliphatic rings. The normalized spacial score (nSPS) is 10.6. The lowest BCUT2D eigenvalue weighted by Crippen LogP contribution is -2.02. The molecule has 1 heterocycles. The van der Waals surface area contributed by atoms with Crippen molar-refractivity contribution in [2.45, 2.75) is 5.16 Å². The van der Waals surface area contributed by atoms with Crippen molar-refractivity contribution < 1.29 is 14.3 Å². The molecule has 0 saturated carbocycles. The summed E-state index contributed by atoms with van der Waals surface area (Å²) in [5.74, 6) is -1.48. The van der Waals surface area contributed by atoms with E-state index in [9.17, 15) is 9.18 Å². The molecule has 0 unspecified atom stereocenters. The van der Waals surface area contributed by atoms with Crippen molar-refractivity contribution in [3.05, 3.63) is 34.8 Å². The molecule has 94 valence electrons. The Labute approximate surface area is 114 Å². The van der Waals surface area contributed by atoms with Crippen molar-refractivity contribution >= 4 is 33.7 Å². The largest absolute Gasteiger partial charge is 0.481 e. The second-order valence-electron chi connectivity index (χ2n) is 3.26. The Bertz CT molecular complexity index is 590. The van der Waals surface area contributed by atoms with Crippen molar-refractivity contribution in [3.63, 3.8) is 0 Å². The maximum absolute atomic E-state index is 13.2. The number of aromatic nitrogens is 3. The van der Waals surface area contributed by atoms with Gasteiger partial charge in [-0.05, 0) is 34.1 Å². The quantitative estimate of drug-likeness (QED) is 0.871. The third kappa shape index (κ3) is 2.88. The standard InChI is InChI=1S/C10H7BrFN3O2S/c11-7-2-1-6(12)3-8(7)15-5-13-14-10(15)18-4-9(16)17/h1-3,5H,4H2,(H,16,17). The molecule has 0 radical (unpaired) electrons. The Morgan fingerprint density at radius 2 is 2.33 bits per heavy atom. The van der Waals surface area contributed by atoms with Gasteiger partial charge in [-0.1, -0.05) is 11.8 Å². The highest BCUT2D eigenvalue weighted by atomic mass is 79.9. The Kier molecular flexibility index (Phi) is 3.97. The van der Waals surface area contributed by atoms with E-state index in [1.807, 2.05) is 0 Å². The predicted octanol–water partition coefficient (Wildman–Crippen LogP) is 2.35. The number of carboxylic acids is 1. The molecule has 18 heavy (non-hydrogen) atoms. The molecular formula is C10H7BrFN3O2S. The van der Waals surface area contributed by atoms with Crippen LogP contribution in [0.3, 0.4) is 0 Å². The van der Waals surface area contributed by atoms with Crippen molar-refractivity contribution in [2.75, 3.05) is 5.75 Å². The van der Waals surface area contributed by atoms with Gasteiger partial charge in [-0.25, -0.2) is 4.39 Å². The van der Waals surface area contributed by atoms with E-state index in [2.05, 4.69) is 26.1 Å². The lowest BCUT2D eigenvalue weighted by Gasteiger charge is -2.07. The van der Waals surface area contributed by atoms with Gasteiger partial charge in [0, 0.05) is 4.47 Å². The van der Waals surface area contributed by atoms with Crippen molar-refractivity contribution in [2.24, 2.45) is 0 Å². The van der Waals surface area contributed by atoms with Crippen molar-refractivity contribution in [1.29, 1.82) is 0 Å². The van der Waals surface area contributed by atoms with Crippen LogP contribution in [0, 0.1) is 5.82 Å². The fourth-order valence-corrected chi connectivity index (χ4v) is 2.36. The molecule has 1 N–H and O–H groups in total. The smallest absolute Gasteiger partial charge is 0.313 e. The zero-order valence-electron chi connectivity index (χ0n) is 8.88. The van der Waals surface area contributed by atoms with Crippen LogP contribution in [0.5, 0.6) is 0 Å². The van der Waals surface area contributed by atoms with Crippen LogP contribution in [0.4, 0.5) is 4.39 Å². The zero-order chi connectivity index (χ0) is 13.1. The van der Waals surface area contributed by atoms with Crippen LogP contribution in [-0.4, -0.2) is 31.6 Å². The van der Waals surface area contributed by atoms with Crippen LogP contribution in [-0.2, 0) is 4.79 Å². The van der Waals surface area contributed by atoms with Gasteiger partial charge in [0.05, 0.1) is 11.4 Å². The summed E-state index contributed by atoms with van der Waals surface area (Å²) in [7, 11) is 0. The van der Waals surface area contributed by atoms with E-state index in [0.29, 0.717) is 15.3 Å². The first-order valence-corrected chi connectivity index (χ1v) is 6.56. The Morgan fingerprint density at radius 1 is 1.56 bits per heavy atom. The highest BCUT2D eigenvalue weighted by Gasteiger charge is 2.12. The van der Waals surface area contributed by atoms with Crippen LogP contribution < -0.4 is 0 Å². The third-order valence-corrected chi connectivity index (χ3v) is 3.61. The maximum atomic E-state index is 13.2. The fourth-order valence-electron chi connectivity index (χ4n) is 1.28. The topological polar surface area (TPSA) is 68.0 Å². The minimum absolute atomic E-state index is 0.133. The molecular weight excluding hydrogens is 325 g/mol. The lowest BCUT2D eigenvalue weighted by molar-refractivity contribution is -0.133. The van der Waals surface area contributed by atoms with Gasteiger partial charge in [0.1, 0.15) is 12.1 Å². The number of halogens is 2. The summed E-state index contributed by atoms with van der Waals surface area (Å²) >= 11 is 4.32. The SMILES string of the molecule is O=C(O)CSc1nncn1-c1cc(F)ccc1Br. The molecule has 0 amide bonds. The van der Waals surface area contributed by atoms with Gasteiger partial charge in [0.25, 0.3) is 0 Å². The molecule has 0 spiro atoms. The number of carbonyl (C=O) groups is 1. The number of nitrogens with zero attached hydrogens (tertiary/aromatic N) is 3. The summed E-state index contributed by atoms with van der Waals surface area (Å²) in [5, 5.41) is 16.5. The van der Waals surface area contributed by atoms with Gasteiger partial charge in [-0.3, -0.25) is 9.36 Å². The number of carboxylic acid groups (broad SMARTS) is 1. The number of benzene rings is 1. The molecule has 2 rings (SSSR count). The van der Waals surface area contributed by atoms with Gasteiger partial charge in [-0.15, -0.1) is 10.2 Å². The molecule has 0 aliphatic heterocycles. The van der Waals surface area contributed by atoms with Crippen molar-refractivity contribution in [1.82, 2.24) is 14.8 Å². The molecule has 0 atom stereocenters. The van der Waals surface area contributed by atoms with Crippen molar-refractivity contribution in [3.8, 4) is 5.69 Å². The summed E-state index contributed by atoms with van der Waals surface area (Å²) in [5.41, 5.74) is 0.521. The molecule has 0 bridgehead atoms. The number of aliphatic carboxylic acids is 1. The van der Waals surface area contributed by atoms with E-state index in [1.165, 1.54) is 23.0 Å². The van der Waals surface area contributed by atoms with E-state index in [1.54, 1.807) is 6.07 Å². The second-order valence-corrected chi connectivity index (χ2v) is 5.06. The first-order chi connectivity index (χ1) is 8.58. The molecule has 0 fully saturated rings. The van der Waals surface area contributed by atoms with E-state index >= 15 is 0 Å². The molecule has 8 heteroatoms. The number of hydrogen-bond acceptors (Lipinski definition) is 4. The van der Waals surface area contributed by atoms with Crippen LogP contribution in [0.1, 0.15) is 0 Å². The van der Waals surface area contributed by atoms with Gasteiger partial charge in [0.2, 0.25) is 0 Å². The first-order valence-electron chi connectivity index (χ1n) is 4.78. The van der Waals surface area contributed by atoms with Gasteiger partial charge in [-0.2, -0.15) is 0 Å². The number of rotatable bonds is 4. The summed E-state index contributed by atoms with van der Waals surface area (Å²) in [6.07, 6.45) is 1.41. The molecule has 5 nitrogen and oxygen atoms in total. The van der Waals surface area contributed by atoms with E-state index in [-0.39, 0.29) is 5.75 Å². The molecule has 1 aromatic carbocycles. The summed E-state index contributed by atoms with van der Waals surface area (Å²) in [4.78, 5) is 10.5. The van der Waals surface area contributed by atoms with E-state index in [0.717, 1.165) is 11.8 Å². The monoisotopic (exact) mass is 331 g/mol. The van der Waals surface area contributed by atoms with Gasteiger partial charge >= 0.3 is 5.97 Å². The predicted molar refractivity (Wildman–Crippen MR) is 67.4 cm³/mol. The van der Waals surface area contributed by atoms with E-state index < -0.39 is 11.8 Å². The van der Waals surface area contributed by atoms with Gasteiger partial charge < -0.3 is 5.11 Å². The maximum Gasteiger partial charge on any atom is 0.313 e. The average molecular weight is 332 g/mol. The third-order valence-electron chi connectivity index (χ3n) is 2.01. The van der Waals surface area contributed by atoms with Crippen LogP contribution >= 0.6 is 27.7 Å². The summed E-state index contributed by atoms with van der Waals surface area (Å²) < 4.78 is 15.4. The lowest BCUT2D eigenvalue weighted by atomic mass is 10.3. The molecule has 0 aliphatic carbocycles. The minimum Gasteiger partial charge on any atom is -0.481 e. The highest BCUT2D eigenvalue weighted by molar-refractivity contribution is 9.10. The average Bonchev–Trinajstić information content (AvgIpc) is 2.77. The van der Waals surface area contributed by atoms with Gasteiger partial charge in [0.15, 0.2) is 5.16 Å². The van der Waals surface area contributed by atoms with E-state index in [4.69, 9.17) is 5.11 Å². The van der Waals surface area contributed by atoms with Crippen LogP contribution in [0.2, 0.25) is 0 Å². The zero-order valence-corrected chi connectivity index (χ0v) is 11.3. The summed E-state index contributed by atoms with van der Waals surface area (Å²) in [6, 6.07) is 4.20. The Balaban J connectivity index is 2.36. The fraction of sp³-hybridized carbons (Fsp3) is 0.100. The molecule has 2 aromatic rings. The summed E-state index contributed by atoms with van der Waals surface area (Å²) in [6.45, 7) is 0.